The highest BCUT2D eigenvalue weighted by molar-refractivity contribution is 5.80. The van der Waals surface area contributed by atoms with Crippen LogP contribution in [0.25, 0.3) is 11.0 Å². The molecule has 22 heavy (non-hydrogen) atoms. The second-order valence-electron chi connectivity index (χ2n) is 5.66. The molecule has 0 unspecified atom stereocenters. The third-order valence-electron chi connectivity index (χ3n) is 3.83. The number of hydrogen-bond donors (Lipinski definition) is 3. The summed E-state index contributed by atoms with van der Waals surface area (Å²) in [5.74, 6) is -0.315. The first kappa shape index (κ1) is 14.3. The predicted molar refractivity (Wildman–Crippen MR) is 84.2 cm³/mol. The van der Waals surface area contributed by atoms with Gasteiger partial charge in [0.05, 0.1) is 0 Å². The molecule has 1 atom stereocenters. The molecule has 0 aliphatic carbocycles. The number of halogens is 1. The summed E-state index contributed by atoms with van der Waals surface area (Å²) in [6.07, 6.45) is 1.71. The van der Waals surface area contributed by atoms with Gasteiger partial charge in [-0.25, -0.2) is 9.37 Å². The maximum absolute atomic E-state index is 14.2. The summed E-state index contributed by atoms with van der Waals surface area (Å²) in [6, 6.07) is 6.66. The zero-order valence-electron chi connectivity index (χ0n) is 12.4. The van der Waals surface area contributed by atoms with Crippen molar-refractivity contribution >= 4 is 17.0 Å². The molecule has 4 N–H and O–H groups in total. The number of nitrogen functional groups attached to an aromatic ring is 1. The van der Waals surface area contributed by atoms with Crippen molar-refractivity contribution in [2.45, 2.75) is 19.8 Å². The Balaban J connectivity index is 2.27. The molecule has 0 saturated heterocycles. The molecule has 0 radical (unpaired) electrons. The van der Waals surface area contributed by atoms with E-state index in [0.29, 0.717) is 16.6 Å². The van der Waals surface area contributed by atoms with Gasteiger partial charge < -0.3 is 10.7 Å². The van der Waals surface area contributed by atoms with Crippen LogP contribution in [0.3, 0.4) is 0 Å². The van der Waals surface area contributed by atoms with Gasteiger partial charge in [-0.3, -0.25) is 9.78 Å². The first-order chi connectivity index (χ1) is 10.5. The molecule has 0 amide bonds. The van der Waals surface area contributed by atoms with Crippen LogP contribution in [0.15, 0.2) is 35.3 Å². The highest BCUT2D eigenvalue weighted by Crippen LogP contribution is 2.36. The van der Waals surface area contributed by atoms with Gasteiger partial charge in [0.1, 0.15) is 16.9 Å². The fraction of sp³-hybridized carbons (Fsp3) is 0.250. The molecule has 1 aromatic carbocycles. The van der Waals surface area contributed by atoms with Gasteiger partial charge in [-0.05, 0) is 17.5 Å². The van der Waals surface area contributed by atoms with Gasteiger partial charge in [0.15, 0.2) is 0 Å². The fourth-order valence-corrected chi connectivity index (χ4v) is 2.90. The predicted octanol–water partition coefficient (Wildman–Crippen LogP) is 2.76. The van der Waals surface area contributed by atoms with E-state index in [1.165, 1.54) is 6.07 Å². The quantitative estimate of drug-likeness (QED) is 0.695. The minimum absolute atomic E-state index is 0.0504. The number of rotatable bonds is 3. The fourth-order valence-electron chi connectivity index (χ4n) is 2.90. The average Bonchev–Trinajstić information content (AvgIpc) is 2.85. The number of fused-ring (bicyclic) bond motifs is 1. The van der Waals surface area contributed by atoms with Crippen molar-refractivity contribution in [2.75, 3.05) is 5.73 Å². The van der Waals surface area contributed by atoms with Crippen molar-refractivity contribution in [3.63, 3.8) is 0 Å². The zero-order chi connectivity index (χ0) is 15.9. The largest absolute Gasteiger partial charge is 0.369 e. The van der Waals surface area contributed by atoms with Crippen molar-refractivity contribution in [1.82, 2.24) is 15.0 Å². The molecule has 0 aliphatic rings. The molecule has 2 heterocycles. The van der Waals surface area contributed by atoms with Gasteiger partial charge in [0, 0.05) is 17.7 Å². The van der Waals surface area contributed by atoms with Crippen LogP contribution in [0, 0.1) is 11.7 Å². The molecule has 6 heteroatoms. The van der Waals surface area contributed by atoms with Gasteiger partial charge in [0.2, 0.25) is 5.95 Å². The number of aromatic nitrogens is 3. The minimum atomic E-state index is -0.329. The first-order valence-electron chi connectivity index (χ1n) is 7.10. The van der Waals surface area contributed by atoms with Crippen LogP contribution in [0.4, 0.5) is 10.3 Å². The lowest BCUT2D eigenvalue weighted by Crippen LogP contribution is -2.13. The van der Waals surface area contributed by atoms with Gasteiger partial charge in [0.25, 0.3) is 5.56 Å². The van der Waals surface area contributed by atoms with Crippen molar-refractivity contribution in [3.8, 4) is 0 Å². The van der Waals surface area contributed by atoms with Crippen molar-refractivity contribution < 1.29 is 4.39 Å². The van der Waals surface area contributed by atoms with E-state index >= 15 is 0 Å². The number of aromatic amines is 2. The third-order valence-corrected chi connectivity index (χ3v) is 3.83. The molecular weight excluding hydrogens is 283 g/mol. The maximum Gasteiger partial charge on any atom is 0.276 e. The topological polar surface area (TPSA) is 87.6 Å². The number of nitrogens with one attached hydrogen (secondary N) is 2. The van der Waals surface area contributed by atoms with Crippen LogP contribution >= 0.6 is 0 Å². The Morgan fingerprint density at radius 1 is 1.23 bits per heavy atom. The minimum Gasteiger partial charge on any atom is -0.369 e. The molecule has 0 aliphatic heterocycles. The first-order valence-corrected chi connectivity index (χ1v) is 7.10. The van der Waals surface area contributed by atoms with E-state index in [1.807, 2.05) is 13.8 Å². The molecule has 3 rings (SSSR count). The lowest BCUT2D eigenvalue weighted by Gasteiger charge is -2.21. The molecule has 0 saturated carbocycles. The summed E-state index contributed by atoms with van der Waals surface area (Å²) in [5.41, 5.74) is 7.51. The number of nitrogens with zero attached hydrogens (tertiary/aromatic N) is 1. The normalized spacial score (nSPS) is 12.9. The van der Waals surface area contributed by atoms with E-state index in [0.717, 1.165) is 5.56 Å². The molecule has 0 spiro atoms. The van der Waals surface area contributed by atoms with E-state index in [1.54, 1.807) is 24.4 Å². The summed E-state index contributed by atoms with van der Waals surface area (Å²) in [6.45, 7) is 4.01. The second kappa shape index (κ2) is 5.29. The van der Waals surface area contributed by atoms with Crippen LogP contribution in [-0.2, 0) is 0 Å². The molecule has 5 nitrogen and oxygen atoms in total. The zero-order valence-corrected chi connectivity index (χ0v) is 12.4. The van der Waals surface area contributed by atoms with Gasteiger partial charge in [-0.1, -0.05) is 32.0 Å². The van der Waals surface area contributed by atoms with E-state index in [4.69, 9.17) is 5.73 Å². The monoisotopic (exact) mass is 300 g/mol. The van der Waals surface area contributed by atoms with E-state index < -0.39 is 0 Å². The molecule has 2 aromatic heterocycles. The number of H-pyrrole nitrogens is 2. The van der Waals surface area contributed by atoms with Crippen LogP contribution in [0.2, 0.25) is 0 Å². The van der Waals surface area contributed by atoms with Crippen molar-refractivity contribution in [2.24, 2.45) is 5.92 Å². The van der Waals surface area contributed by atoms with Crippen LogP contribution in [-0.4, -0.2) is 15.0 Å². The standard InChI is InChI=1S/C16H17FN4O/c1-8(2)12(9-5-3-4-6-11(9)17)10-7-19-14-13(10)20-16(18)21-15(14)22/h3-8,12,19H,1-2H3,(H3,18,20,21,22)/t12-/m0/s1. The van der Waals surface area contributed by atoms with E-state index in [9.17, 15) is 9.18 Å². The number of anilines is 1. The highest BCUT2D eigenvalue weighted by Gasteiger charge is 2.25. The Hall–Kier alpha value is -2.63. The van der Waals surface area contributed by atoms with Crippen LogP contribution in [0.1, 0.15) is 30.9 Å². The van der Waals surface area contributed by atoms with Crippen molar-refractivity contribution in [1.29, 1.82) is 0 Å². The number of benzene rings is 1. The smallest absolute Gasteiger partial charge is 0.276 e. The van der Waals surface area contributed by atoms with E-state index in [-0.39, 0.29) is 29.2 Å². The summed E-state index contributed by atoms with van der Waals surface area (Å²) >= 11 is 0. The van der Waals surface area contributed by atoms with Gasteiger partial charge in [-0.15, -0.1) is 0 Å². The molecule has 0 fully saturated rings. The number of nitrogens with two attached hydrogens (primary N) is 1. The Labute approximate surface area is 126 Å². The van der Waals surface area contributed by atoms with Crippen molar-refractivity contribution in [3.05, 3.63) is 57.8 Å². The lowest BCUT2D eigenvalue weighted by molar-refractivity contribution is 0.525. The summed E-state index contributed by atoms with van der Waals surface area (Å²) < 4.78 is 14.2. The molecule has 3 aromatic rings. The average molecular weight is 300 g/mol. The maximum atomic E-state index is 14.2. The molecule has 114 valence electrons. The summed E-state index contributed by atoms with van der Waals surface area (Å²) in [5, 5.41) is 0. The Morgan fingerprint density at radius 2 is 1.95 bits per heavy atom. The third kappa shape index (κ3) is 2.26. The highest BCUT2D eigenvalue weighted by atomic mass is 19.1. The molecular formula is C16H17FN4O. The number of hydrogen-bond acceptors (Lipinski definition) is 3. The van der Waals surface area contributed by atoms with Gasteiger partial charge >= 0.3 is 0 Å². The summed E-state index contributed by atoms with van der Waals surface area (Å²) in [7, 11) is 0. The SMILES string of the molecule is CC(C)[C@@H](c1ccccc1F)c1c[nH]c2c(=O)[nH]c(N)nc12. The lowest BCUT2D eigenvalue weighted by atomic mass is 9.83. The van der Waals surface area contributed by atoms with Crippen LogP contribution in [0.5, 0.6) is 0 Å². The second-order valence-corrected chi connectivity index (χ2v) is 5.66. The molecule has 0 bridgehead atoms. The Kier molecular flexibility index (Phi) is 3.44. The Morgan fingerprint density at radius 3 is 2.64 bits per heavy atom. The summed E-state index contributed by atoms with van der Waals surface area (Å²) in [4.78, 5) is 21.5. The van der Waals surface area contributed by atoms with E-state index in [2.05, 4.69) is 15.0 Å². The Bertz CT molecular complexity index is 881. The van der Waals surface area contributed by atoms with Crippen LogP contribution < -0.4 is 11.3 Å². The van der Waals surface area contributed by atoms with Gasteiger partial charge in [-0.2, -0.15) is 0 Å².